The molecule has 0 unspecified atom stereocenters. The summed E-state index contributed by atoms with van der Waals surface area (Å²) in [5.41, 5.74) is 1.15. The Labute approximate surface area is 116 Å². The maximum absolute atomic E-state index is 13.2. The Balaban J connectivity index is 2.48. The Morgan fingerprint density at radius 3 is 2.30 bits per heavy atom. The maximum Gasteiger partial charge on any atom is 0.338 e. The van der Waals surface area contributed by atoms with Crippen molar-refractivity contribution >= 4 is 11.8 Å². The Hall–Kier alpha value is -2.49. The molecule has 2 rings (SSSR count). The lowest BCUT2D eigenvalue weighted by Crippen LogP contribution is -2.11. The minimum absolute atomic E-state index is 0.196. The van der Waals surface area contributed by atoms with E-state index in [1.54, 1.807) is 25.1 Å². The van der Waals surface area contributed by atoms with Gasteiger partial charge >= 0.3 is 5.97 Å². The fourth-order valence-electron chi connectivity index (χ4n) is 1.91. The van der Waals surface area contributed by atoms with Crippen molar-refractivity contribution in [3.8, 4) is 0 Å². The SMILES string of the molecule is COC(=O)c1ccccc1C(=O)c1ccc(F)c(C)c1. The summed E-state index contributed by atoms with van der Waals surface area (Å²) in [7, 11) is 1.26. The number of ether oxygens (including phenoxy) is 1. The second-order valence-electron chi connectivity index (χ2n) is 4.33. The number of carbonyl (C=O) groups excluding carboxylic acids is 2. The Kier molecular flexibility index (Phi) is 3.94. The van der Waals surface area contributed by atoms with Crippen molar-refractivity contribution in [2.24, 2.45) is 0 Å². The largest absolute Gasteiger partial charge is 0.465 e. The molecular formula is C16H13FO3. The van der Waals surface area contributed by atoms with Crippen molar-refractivity contribution in [1.29, 1.82) is 0 Å². The van der Waals surface area contributed by atoms with Gasteiger partial charge in [-0.1, -0.05) is 18.2 Å². The molecule has 0 spiro atoms. The first kappa shape index (κ1) is 13.9. The molecule has 4 heteroatoms. The molecule has 102 valence electrons. The van der Waals surface area contributed by atoms with E-state index >= 15 is 0 Å². The van der Waals surface area contributed by atoms with E-state index in [2.05, 4.69) is 4.74 Å². The van der Waals surface area contributed by atoms with Crippen LogP contribution in [0.4, 0.5) is 4.39 Å². The lowest BCUT2D eigenvalue weighted by atomic mass is 9.97. The van der Waals surface area contributed by atoms with E-state index in [1.807, 2.05) is 0 Å². The smallest absolute Gasteiger partial charge is 0.338 e. The minimum atomic E-state index is -0.576. The zero-order valence-electron chi connectivity index (χ0n) is 11.1. The summed E-state index contributed by atoms with van der Waals surface area (Å²) in [5, 5.41) is 0. The minimum Gasteiger partial charge on any atom is -0.465 e. The standard InChI is InChI=1S/C16H13FO3/c1-10-9-11(7-8-14(10)17)15(18)12-5-3-4-6-13(12)16(19)20-2/h3-9H,1-2H3. The van der Waals surface area contributed by atoms with Crippen molar-refractivity contribution in [3.05, 3.63) is 70.5 Å². The Morgan fingerprint density at radius 1 is 1.05 bits per heavy atom. The van der Waals surface area contributed by atoms with Crippen LogP contribution in [-0.2, 0) is 4.74 Å². The van der Waals surface area contributed by atoms with Crippen molar-refractivity contribution < 1.29 is 18.7 Å². The molecule has 0 aliphatic carbocycles. The number of hydrogen-bond acceptors (Lipinski definition) is 3. The van der Waals surface area contributed by atoms with Crippen molar-refractivity contribution in [2.75, 3.05) is 7.11 Å². The number of hydrogen-bond donors (Lipinski definition) is 0. The average molecular weight is 272 g/mol. The molecule has 0 aliphatic heterocycles. The van der Waals surface area contributed by atoms with Crippen LogP contribution in [0.1, 0.15) is 31.8 Å². The van der Waals surface area contributed by atoms with Gasteiger partial charge in [0.15, 0.2) is 5.78 Å². The molecule has 0 amide bonds. The predicted octanol–water partition coefficient (Wildman–Crippen LogP) is 3.15. The summed E-state index contributed by atoms with van der Waals surface area (Å²) in [6.07, 6.45) is 0. The highest BCUT2D eigenvalue weighted by molar-refractivity contribution is 6.14. The van der Waals surface area contributed by atoms with Gasteiger partial charge in [-0.2, -0.15) is 0 Å². The van der Waals surface area contributed by atoms with Gasteiger partial charge in [-0.25, -0.2) is 9.18 Å². The van der Waals surface area contributed by atoms with E-state index in [9.17, 15) is 14.0 Å². The van der Waals surface area contributed by atoms with E-state index in [1.165, 1.54) is 31.4 Å². The highest BCUT2D eigenvalue weighted by atomic mass is 19.1. The Morgan fingerprint density at radius 2 is 1.70 bits per heavy atom. The second kappa shape index (κ2) is 5.65. The van der Waals surface area contributed by atoms with Gasteiger partial charge < -0.3 is 4.74 Å². The molecule has 20 heavy (non-hydrogen) atoms. The predicted molar refractivity (Wildman–Crippen MR) is 72.4 cm³/mol. The lowest BCUT2D eigenvalue weighted by Gasteiger charge is -2.07. The fourth-order valence-corrected chi connectivity index (χ4v) is 1.91. The van der Waals surface area contributed by atoms with Crippen LogP contribution in [0.25, 0.3) is 0 Å². The Bertz CT molecular complexity index is 677. The molecular weight excluding hydrogens is 259 g/mol. The molecule has 0 radical (unpaired) electrons. The number of esters is 1. The van der Waals surface area contributed by atoms with Crippen LogP contribution >= 0.6 is 0 Å². The van der Waals surface area contributed by atoms with Crippen molar-refractivity contribution in [2.45, 2.75) is 6.92 Å². The zero-order valence-corrected chi connectivity index (χ0v) is 11.1. The number of benzene rings is 2. The number of aryl methyl sites for hydroxylation is 1. The summed E-state index contributed by atoms with van der Waals surface area (Å²) in [6.45, 7) is 1.58. The first-order valence-corrected chi connectivity index (χ1v) is 6.02. The van der Waals surface area contributed by atoms with Crippen molar-refractivity contribution in [1.82, 2.24) is 0 Å². The second-order valence-corrected chi connectivity index (χ2v) is 4.33. The van der Waals surface area contributed by atoms with Gasteiger partial charge in [0.25, 0.3) is 0 Å². The summed E-state index contributed by atoms with van der Waals surface area (Å²) in [6, 6.07) is 10.5. The molecule has 3 nitrogen and oxygen atoms in total. The van der Waals surface area contributed by atoms with E-state index in [-0.39, 0.29) is 22.7 Å². The third kappa shape index (κ3) is 2.59. The van der Waals surface area contributed by atoms with Gasteiger partial charge in [0.05, 0.1) is 12.7 Å². The van der Waals surface area contributed by atoms with Crippen LogP contribution in [0.15, 0.2) is 42.5 Å². The van der Waals surface area contributed by atoms with E-state index in [4.69, 9.17) is 0 Å². The normalized spacial score (nSPS) is 10.2. The number of carbonyl (C=O) groups is 2. The molecule has 2 aromatic rings. The molecule has 0 heterocycles. The first-order chi connectivity index (χ1) is 9.54. The summed E-state index contributed by atoms with van der Waals surface area (Å²) < 4.78 is 17.9. The number of rotatable bonds is 3. The van der Waals surface area contributed by atoms with Crippen LogP contribution in [0.5, 0.6) is 0 Å². The van der Waals surface area contributed by atoms with Crippen LogP contribution in [-0.4, -0.2) is 18.9 Å². The topological polar surface area (TPSA) is 43.4 Å². The van der Waals surface area contributed by atoms with Gasteiger partial charge in [0, 0.05) is 11.1 Å². The maximum atomic E-state index is 13.2. The van der Waals surface area contributed by atoms with Crippen molar-refractivity contribution in [3.63, 3.8) is 0 Å². The van der Waals surface area contributed by atoms with E-state index < -0.39 is 5.97 Å². The van der Waals surface area contributed by atoms with Gasteiger partial charge in [-0.15, -0.1) is 0 Å². The average Bonchev–Trinajstić information content (AvgIpc) is 2.48. The van der Waals surface area contributed by atoms with Crippen LogP contribution < -0.4 is 0 Å². The van der Waals surface area contributed by atoms with Gasteiger partial charge in [0.2, 0.25) is 0 Å². The van der Waals surface area contributed by atoms with Gasteiger partial charge in [0.1, 0.15) is 5.82 Å². The molecule has 0 saturated carbocycles. The lowest BCUT2D eigenvalue weighted by molar-refractivity contribution is 0.0597. The third-order valence-corrected chi connectivity index (χ3v) is 3.00. The molecule has 0 aliphatic rings. The quantitative estimate of drug-likeness (QED) is 0.636. The van der Waals surface area contributed by atoms with E-state index in [0.29, 0.717) is 11.1 Å². The summed E-state index contributed by atoms with van der Waals surface area (Å²) in [5.74, 6) is -1.29. The van der Waals surface area contributed by atoms with Gasteiger partial charge in [-0.05, 0) is 36.8 Å². The zero-order chi connectivity index (χ0) is 14.7. The highest BCUT2D eigenvalue weighted by Gasteiger charge is 2.18. The number of halogens is 1. The summed E-state index contributed by atoms with van der Waals surface area (Å²) >= 11 is 0. The van der Waals surface area contributed by atoms with Crippen LogP contribution in [0.3, 0.4) is 0 Å². The third-order valence-electron chi connectivity index (χ3n) is 3.00. The molecule has 0 aromatic heterocycles. The first-order valence-electron chi connectivity index (χ1n) is 6.02. The molecule has 0 fully saturated rings. The summed E-state index contributed by atoms with van der Waals surface area (Å²) in [4.78, 5) is 24.1. The van der Waals surface area contributed by atoms with E-state index in [0.717, 1.165) is 0 Å². The van der Waals surface area contributed by atoms with Crippen LogP contribution in [0, 0.1) is 12.7 Å². The molecule has 0 atom stereocenters. The number of methoxy groups -OCH3 is 1. The fraction of sp³-hybridized carbons (Fsp3) is 0.125. The monoisotopic (exact) mass is 272 g/mol. The molecule has 0 bridgehead atoms. The molecule has 0 N–H and O–H groups in total. The van der Waals surface area contributed by atoms with Crippen LogP contribution in [0.2, 0.25) is 0 Å². The number of ketones is 1. The molecule has 0 saturated heterocycles. The van der Waals surface area contributed by atoms with Gasteiger partial charge in [-0.3, -0.25) is 4.79 Å². The highest BCUT2D eigenvalue weighted by Crippen LogP contribution is 2.17. The molecule has 2 aromatic carbocycles.